The van der Waals surface area contributed by atoms with Crippen LogP contribution in [-0.2, 0) is 0 Å². The Morgan fingerprint density at radius 3 is 2.11 bits per heavy atom. The van der Waals surface area contributed by atoms with Crippen LogP contribution in [0.25, 0.3) is 11.1 Å². The molecule has 0 aliphatic heterocycles. The van der Waals surface area contributed by atoms with Crippen molar-refractivity contribution in [3.8, 4) is 11.1 Å². The molecular formula is C50H64N2O4. The highest BCUT2D eigenvalue weighted by atomic mass is 16.3. The van der Waals surface area contributed by atoms with Crippen LogP contribution in [0.5, 0.6) is 0 Å². The second kappa shape index (κ2) is 12.6. The lowest BCUT2D eigenvalue weighted by Gasteiger charge is -2.71. The third kappa shape index (κ3) is 5.19. The van der Waals surface area contributed by atoms with Crippen molar-refractivity contribution in [2.45, 2.75) is 129 Å². The highest BCUT2D eigenvalue weighted by Gasteiger charge is 2.74. The van der Waals surface area contributed by atoms with E-state index in [9.17, 15) is 15.0 Å². The topological polar surface area (TPSA) is 89.9 Å². The number of aliphatic hydroxyl groups is 2. The van der Waals surface area contributed by atoms with Crippen LogP contribution in [0.15, 0.2) is 78.4 Å². The number of hydrogen-bond donors (Lipinski definition) is 3. The van der Waals surface area contributed by atoms with Gasteiger partial charge in [0.15, 0.2) is 5.78 Å². The summed E-state index contributed by atoms with van der Waals surface area (Å²) in [4.78, 5) is 32.0. The number of carbonyl (C=O) groups is 2. The van der Waals surface area contributed by atoms with E-state index in [2.05, 4.69) is 60.5 Å². The number of nitrogens with zero attached hydrogens (tertiary/aromatic N) is 1. The number of aliphatic hydroxyl groups excluding tert-OH is 1. The van der Waals surface area contributed by atoms with Crippen molar-refractivity contribution in [3.63, 3.8) is 0 Å². The second-order valence-corrected chi connectivity index (χ2v) is 21.4. The lowest BCUT2D eigenvalue weighted by Crippen LogP contribution is -2.68. The van der Waals surface area contributed by atoms with Gasteiger partial charge in [0, 0.05) is 40.0 Å². The molecule has 6 heteroatoms. The molecule has 56 heavy (non-hydrogen) atoms. The first-order chi connectivity index (χ1) is 26.7. The van der Waals surface area contributed by atoms with E-state index in [0.717, 1.165) is 78.7 Å². The minimum Gasteiger partial charge on any atom is -0.393 e. The predicted octanol–water partition coefficient (Wildman–Crippen LogP) is 9.76. The molecular weight excluding hydrogens is 693 g/mol. The van der Waals surface area contributed by atoms with Gasteiger partial charge in [-0.2, -0.15) is 0 Å². The number of nitrogens with one attached hydrogen (secondary N) is 1. The van der Waals surface area contributed by atoms with Gasteiger partial charge in [0.2, 0.25) is 0 Å². The molecule has 298 valence electrons. The summed E-state index contributed by atoms with van der Waals surface area (Å²) < 4.78 is 0. The van der Waals surface area contributed by atoms with Crippen LogP contribution < -0.4 is 5.32 Å². The summed E-state index contributed by atoms with van der Waals surface area (Å²) in [6, 6.07) is 18.3. The molecule has 10 aliphatic carbocycles. The van der Waals surface area contributed by atoms with E-state index in [4.69, 9.17) is 0 Å². The number of allylic oxidation sites excluding steroid dienone is 4. The van der Waals surface area contributed by atoms with Gasteiger partial charge in [-0.15, -0.1) is 0 Å². The molecule has 7 saturated carbocycles. The van der Waals surface area contributed by atoms with Crippen LogP contribution in [0.3, 0.4) is 0 Å². The van der Waals surface area contributed by atoms with Crippen LogP contribution in [0.2, 0.25) is 0 Å². The van der Waals surface area contributed by atoms with E-state index in [-0.39, 0.29) is 40.5 Å². The molecule has 0 heterocycles. The number of urea groups is 1. The van der Waals surface area contributed by atoms with E-state index >= 15 is 4.79 Å². The van der Waals surface area contributed by atoms with Gasteiger partial charge < -0.3 is 20.4 Å². The number of rotatable bonds is 8. The maximum Gasteiger partial charge on any atom is 0.317 e. The summed E-state index contributed by atoms with van der Waals surface area (Å²) in [7, 11) is 0. The number of amides is 2. The Balaban J connectivity index is 1.05. The van der Waals surface area contributed by atoms with Gasteiger partial charge in [-0.1, -0.05) is 86.7 Å². The summed E-state index contributed by atoms with van der Waals surface area (Å²) in [6.07, 6.45) is 20.0. The summed E-state index contributed by atoms with van der Waals surface area (Å²) >= 11 is 0. The van der Waals surface area contributed by atoms with Gasteiger partial charge in [0.05, 0.1) is 18.2 Å². The third-order valence-electron chi connectivity index (χ3n) is 18.1. The van der Waals surface area contributed by atoms with Crippen molar-refractivity contribution in [1.29, 1.82) is 0 Å². The predicted molar refractivity (Wildman–Crippen MR) is 221 cm³/mol. The number of fused-ring (bicyclic) bond motifs is 1. The number of Topliss-reactive ketones (excluding diaryl/α,β-unsaturated/α-hetero) is 1. The van der Waals surface area contributed by atoms with E-state index in [0.29, 0.717) is 19.4 Å². The largest absolute Gasteiger partial charge is 0.393 e. The molecule has 6 bridgehead atoms. The third-order valence-corrected chi connectivity index (χ3v) is 18.1. The van der Waals surface area contributed by atoms with Gasteiger partial charge in [0.1, 0.15) is 0 Å². The summed E-state index contributed by atoms with van der Waals surface area (Å²) in [6.45, 7) is 9.90. The van der Waals surface area contributed by atoms with E-state index in [1.165, 1.54) is 38.5 Å². The molecule has 2 amide bonds. The van der Waals surface area contributed by atoms with Crippen molar-refractivity contribution in [3.05, 3.63) is 84.0 Å². The maximum absolute atomic E-state index is 15.6. The Morgan fingerprint density at radius 2 is 1.41 bits per heavy atom. The van der Waals surface area contributed by atoms with Gasteiger partial charge in [-0.25, -0.2) is 4.79 Å². The van der Waals surface area contributed by atoms with E-state index in [1.807, 2.05) is 50.2 Å². The van der Waals surface area contributed by atoms with Crippen molar-refractivity contribution in [2.75, 3.05) is 13.1 Å². The molecule has 2 aromatic carbocycles. The SMILES string of the molecule is CC(C)NC(=O)N(CC12CC3CC(CC(C3)C1)C2)CC1(O)CCC2C34C=CC5(C=C3C(=O)c3ccccc3-c3ccccc3)CC(O)CCC5(C)C4CCC21C. The zero-order chi connectivity index (χ0) is 38.9. The highest BCUT2D eigenvalue weighted by molar-refractivity contribution is 6.14. The second-order valence-electron chi connectivity index (χ2n) is 21.4. The lowest BCUT2D eigenvalue weighted by molar-refractivity contribution is -0.176. The fourth-order valence-electron chi connectivity index (χ4n) is 16.0. The van der Waals surface area contributed by atoms with Crippen LogP contribution >= 0.6 is 0 Å². The average Bonchev–Trinajstić information content (AvgIpc) is 3.43. The van der Waals surface area contributed by atoms with Crippen molar-refractivity contribution in [2.24, 2.45) is 56.7 Å². The number of carbonyl (C=O) groups excluding carboxylic acids is 2. The molecule has 7 fully saturated rings. The van der Waals surface area contributed by atoms with Gasteiger partial charge in [-0.3, -0.25) is 4.79 Å². The minimum atomic E-state index is -1.09. The molecule has 12 rings (SSSR count). The zero-order valence-corrected chi connectivity index (χ0v) is 34.2. The lowest BCUT2D eigenvalue weighted by atomic mass is 9.32. The standard InChI is InChI=1S/C50H64N2O4/c1-32(2)51-44(55)52(30-47-25-33-22-34(26-47)24-35(23-33)27-47)31-49(56)19-16-42-46(49,4)18-15-41-45(3)17-14-37(53)28-48(45)20-21-50(41,42)40(29-48)43(54)39-13-9-8-12-38(39)36-10-6-5-7-11-36/h5-13,20-21,29,32-35,37,41-42,53,56H,14-19,22-28,30-31H2,1-4H3,(H,51,55). The van der Waals surface area contributed by atoms with Crippen LogP contribution in [0.4, 0.5) is 4.79 Å². The van der Waals surface area contributed by atoms with Crippen LogP contribution in [0.1, 0.15) is 122 Å². The molecule has 0 aromatic heterocycles. The number of hydrogen-bond acceptors (Lipinski definition) is 4. The Morgan fingerprint density at radius 1 is 0.786 bits per heavy atom. The zero-order valence-electron chi connectivity index (χ0n) is 34.2. The van der Waals surface area contributed by atoms with Gasteiger partial charge in [0.25, 0.3) is 0 Å². The van der Waals surface area contributed by atoms with Gasteiger partial charge >= 0.3 is 6.03 Å². The molecule has 0 saturated heterocycles. The van der Waals surface area contributed by atoms with Crippen LogP contribution in [0, 0.1) is 56.7 Å². The highest BCUT2D eigenvalue weighted by Crippen LogP contribution is 2.78. The van der Waals surface area contributed by atoms with Gasteiger partial charge in [-0.05, 0) is 149 Å². The molecule has 8 atom stereocenters. The normalized spacial score (nSPS) is 43.9. The first-order valence-electron chi connectivity index (χ1n) is 22.3. The summed E-state index contributed by atoms with van der Waals surface area (Å²) in [5, 5.41) is 27.9. The smallest absolute Gasteiger partial charge is 0.317 e. The Kier molecular flexibility index (Phi) is 8.37. The first kappa shape index (κ1) is 37.1. The maximum atomic E-state index is 15.6. The fraction of sp³-hybridized carbons (Fsp3) is 0.640. The first-order valence-corrected chi connectivity index (χ1v) is 22.3. The van der Waals surface area contributed by atoms with Crippen LogP contribution in [-0.4, -0.2) is 57.8 Å². The molecule has 10 aliphatic rings. The Bertz CT molecular complexity index is 1950. The molecule has 2 spiro atoms. The fourth-order valence-corrected chi connectivity index (χ4v) is 16.0. The Labute approximate surface area is 334 Å². The van der Waals surface area contributed by atoms with E-state index in [1.54, 1.807) is 0 Å². The molecule has 8 unspecified atom stereocenters. The van der Waals surface area contributed by atoms with E-state index < -0.39 is 27.9 Å². The number of ketones is 1. The Hall–Kier alpha value is -3.22. The number of benzene rings is 2. The van der Waals surface area contributed by atoms with Crippen molar-refractivity contribution in [1.82, 2.24) is 10.2 Å². The van der Waals surface area contributed by atoms with Crippen molar-refractivity contribution < 1.29 is 19.8 Å². The summed E-state index contributed by atoms with van der Waals surface area (Å²) in [5.74, 6) is 2.69. The summed E-state index contributed by atoms with van der Waals surface area (Å²) in [5.41, 5.74) is 1.08. The molecule has 6 nitrogen and oxygen atoms in total. The quantitative estimate of drug-likeness (QED) is 0.185. The molecule has 0 radical (unpaired) electrons. The monoisotopic (exact) mass is 756 g/mol. The average molecular weight is 757 g/mol. The molecule has 3 N–H and O–H groups in total. The molecule has 2 aromatic rings. The van der Waals surface area contributed by atoms with Crippen molar-refractivity contribution >= 4 is 11.8 Å². The minimum absolute atomic E-state index is 0.0133.